The topological polar surface area (TPSA) is 130 Å². The van der Waals surface area contributed by atoms with Crippen molar-refractivity contribution in [2.75, 3.05) is 44.8 Å². The van der Waals surface area contributed by atoms with Crippen LogP contribution in [0.2, 0.25) is 0 Å². The zero-order chi connectivity index (χ0) is 30.1. The van der Waals surface area contributed by atoms with Crippen LogP contribution < -0.4 is 5.32 Å². The van der Waals surface area contributed by atoms with Crippen LogP contribution in [0.1, 0.15) is 74.1 Å². The van der Waals surface area contributed by atoms with Crippen molar-refractivity contribution in [2.45, 2.75) is 76.2 Å². The van der Waals surface area contributed by atoms with E-state index in [0.29, 0.717) is 44.0 Å². The molecule has 0 bridgehead atoms. The summed E-state index contributed by atoms with van der Waals surface area (Å²) in [5, 5.41) is 20.5. The number of pyridine rings is 1. The molecule has 2 saturated heterocycles. The van der Waals surface area contributed by atoms with Gasteiger partial charge in [-0.2, -0.15) is 0 Å². The lowest BCUT2D eigenvalue weighted by atomic mass is 9.94. The highest BCUT2D eigenvalue weighted by atomic mass is 19.1. The number of unbranched alkanes of at least 4 members (excludes halogenated alkanes) is 1. The Morgan fingerprint density at radius 3 is 2.86 bits per heavy atom. The van der Waals surface area contributed by atoms with E-state index in [2.05, 4.69) is 17.4 Å². The van der Waals surface area contributed by atoms with Gasteiger partial charge in [-0.3, -0.25) is 14.5 Å². The van der Waals surface area contributed by atoms with E-state index in [1.54, 1.807) is 6.07 Å². The number of carboxylic acids is 1. The van der Waals surface area contributed by atoms with E-state index in [4.69, 9.17) is 29.1 Å². The smallest absolute Gasteiger partial charge is 0.325 e. The lowest BCUT2D eigenvalue weighted by Gasteiger charge is -2.36. The maximum absolute atomic E-state index is 14.4. The summed E-state index contributed by atoms with van der Waals surface area (Å²) < 4.78 is 32.4. The molecule has 10 nitrogen and oxygen atoms in total. The van der Waals surface area contributed by atoms with Gasteiger partial charge in [-0.25, -0.2) is 9.37 Å². The maximum atomic E-state index is 14.4. The summed E-state index contributed by atoms with van der Waals surface area (Å²) in [6, 6.07) is 7.64. The lowest BCUT2D eigenvalue weighted by molar-refractivity contribution is -0.177. The van der Waals surface area contributed by atoms with Crippen molar-refractivity contribution < 1.29 is 38.4 Å². The maximum Gasteiger partial charge on any atom is 0.325 e. The Labute approximate surface area is 246 Å². The Kier molecular flexibility index (Phi) is 11.3. The van der Waals surface area contributed by atoms with Crippen molar-refractivity contribution in [3.8, 4) is 0 Å². The molecular weight excluding hydrogens is 545 g/mol. The molecule has 0 amide bonds. The molecule has 3 aliphatic rings. The second kappa shape index (κ2) is 14.9. The van der Waals surface area contributed by atoms with E-state index >= 15 is 0 Å². The van der Waals surface area contributed by atoms with Crippen molar-refractivity contribution in [2.24, 2.45) is 0 Å². The number of halogens is 1. The summed E-state index contributed by atoms with van der Waals surface area (Å²) in [7, 11) is 0. The fraction of sp³-hybridized carbons (Fsp3) is 0.581. The average molecular weight is 588 g/mol. The number of aryl methyl sites for hydroxylation is 2. The number of anilines is 1. The minimum absolute atomic E-state index is 0.0509. The van der Waals surface area contributed by atoms with E-state index in [-0.39, 0.29) is 12.6 Å². The molecule has 4 heterocycles. The van der Waals surface area contributed by atoms with Crippen LogP contribution in [0.25, 0.3) is 0 Å². The zero-order valence-corrected chi connectivity index (χ0v) is 24.4. The van der Waals surface area contributed by atoms with Gasteiger partial charge in [-0.05, 0) is 87.3 Å². The first-order valence-corrected chi connectivity index (χ1v) is 14.6. The SMILES string of the molecule is CC1(C)COC(c2ccc(F)cc2C(C(=O)O)N2CC[C@@H](OCCCCc3ccc4c(n3)NCCC4)C2)CO1.O=CO. The Morgan fingerprint density at radius 1 is 1.31 bits per heavy atom. The van der Waals surface area contributed by atoms with E-state index < -0.39 is 29.5 Å². The minimum Gasteiger partial charge on any atom is -0.483 e. The van der Waals surface area contributed by atoms with Gasteiger partial charge in [0, 0.05) is 31.9 Å². The molecule has 2 unspecified atom stereocenters. The molecule has 0 saturated carbocycles. The Bertz CT molecular complexity index is 1200. The third kappa shape index (κ3) is 8.47. The summed E-state index contributed by atoms with van der Waals surface area (Å²) in [4.78, 5) is 27.5. The number of rotatable bonds is 10. The molecule has 3 aliphatic heterocycles. The fourth-order valence-corrected chi connectivity index (χ4v) is 5.72. The molecule has 2 aromatic rings. The summed E-state index contributed by atoms with van der Waals surface area (Å²) in [5.41, 5.74) is 3.07. The number of aliphatic carboxylic acids is 1. The van der Waals surface area contributed by atoms with Gasteiger partial charge < -0.3 is 29.7 Å². The number of carbonyl (C=O) groups is 2. The first-order valence-electron chi connectivity index (χ1n) is 14.6. The molecule has 230 valence electrons. The van der Waals surface area contributed by atoms with Crippen LogP contribution in [0.4, 0.5) is 10.2 Å². The Hall–Kier alpha value is -3.12. The number of hydrogen-bond donors (Lipinski definition) is 3. The molecule has 2 fully saturated rings. The van der Waals surface area contributed by atoms with E-state index in [9.17, 15) is 14.3 Å². The number of ether oxygens (including phenoxy) is 3. The molecular formula is C31H42FN3O7. The van der Waals surface area contributed by atoms with E-state index in [0.717, 1.165) is 56.6 Å². The molecule has 5 rings (SSSR count). The highest BCUT2D eigenvalue weighted by Crippen LogP contribution is 2.36. The minimum atomic E-state index is -1.01. The number of likely N-dealkylation sites (tertiary alicyclic amines) is 1. The van der Waals surface area contributed by atoms with Gasteiger partial charge in [0.25, 0.3) is 6.47 Å². The standard InChI is InChI=1S/C30H40FN3O5.CH2O2/c1-30(2)19-38-26(18-39-30)24-11-9-21(31)16-25(24)27(29(35)36)34-14-12-23(17-34)37-15-4-3-7-22-10-8-20-6-5-13-32-28(20)33-22;2-1-3/h8-11,16,23,26-27H,3-7,12-15,17-19H2,1-2H3,(H,32,33)(H,35,36);1H,(H,2,3)/t23-,26?,27?;/m1./s1. The normalized spacial score (nSPS) is 22.3. The Balaban J connectivity index is 0.00000129. The van der Waals surface area contributed by atoms with Crippen molar-refractivity contribution in [1.29, 1.82) is 0 Å². The Morgan fingerprint density at radius 2 is 2.12 bits per heavy atom. The van der Waals surface area contributed by atoms with E-state index in [1.165, 1.54) is 17.7 Å². The highest BCUT2D eigenvalue weighted by Gasteiger charge is 2.38. The number of nitrogens with one attached hydrogen (secondary N) is 1. The second-order valence-corrected chi connectivity index (χ2v) is 11.6. The van der Waals surface area contributed by atoms with Crippen LogP contribution >= 0.6 is 0 Å². The number of benzene rings is 1. The largest absolute Gasteiger partial charge is 0.483 e. The van der Waals surface area contributed by atoms with Crippen molar-refractivity contribution in [3.05, 3.63) is 58.5 Å². The zero-order valence-electron chi connectivity index (χ0n) is 24.4. The number of fused-ring (bicyclic) bond motifs is 1. The fourth-order valence-electron chi connectivity index (χ4n) is 5.72. The van der Waals surface area contributed by atoms with E-state index in [1.807, 2.05) is 18.7 Å². The van der Waals surface area contributed by atoms with Gasteiger partial charge in [0.1, 0.15) is 23.8 Å². The molecule has 0 radical (unpaired) electrons. The molecule has 0 spiro atoms. The van der Waals surface area contributed by atoms with Crippen molar-refractivity contribution >= 4 is 18.3 Å². The molecule has 42 heavy (non-hydrogen) atoms. The molecule has 1 aromatic heterocycles. The summed E-state index contributed by atoms with van der Waals surface area (Å²) in [6.45, 7) is 6.97. The van der Waals surface area contributed by atoms with Gasteiger partial charge >= 0.3 is 5.97 Å². The second-order valence-electron chi connectivity index (χ2n) is 11.6. The van der Waals surface area contributed by atoms with Crippen LogP contribution in [-0.4, -0.2) is 83.7 Å². The van der Waals surface area contributed by atoms with Crippen LogP contribution in [0.3, 0.4) is 0 Å². The third-order valence-corrected chi connectivity index (χ3v) is 7.86. The summed E-state index contributed by atoms with van der Waals surface area (Å²) in [6.07, 6.45) is 5.29. The first-order chi connectivity index (χ1) is 20.2. The molecule has 3 N–H and O–H groups in total. The molecule has 0 aliphatic carbocycles. The molecule has 1 aromatic carbocycles. The van der Waals surface area contributed by atoms with Crippen LogP contribution in [-0.2, 0) is 36.6 Å². The summed E-state index contributed by atoms with van der Waals surface area (Å²) >= 11 is 0. The van der Waals surface area contributed by atoms with Gasteiger partial charge in [-0.15, -0.1) is 0 Å². The predicted octanol–water partition coefficient (Wildman–Crippen LogP) is 4.39. The van der Waals surface area contributed by atoms with Gasteiger partial charge in [0.2, 0.25) is 0 Å². The van der Waals surface area contributed by atoms with Crippen LogP contribution in [0.5, 0.6) is 0 Å². The predicted molar refractivity (Wildman–Crippen MR) is 154 cm³/mol. The van der Waals surface area contributed by atoms with Gasteiger partial charge in [-0.1, -0.05) is 12.1 Å². The van der Waals surface area contributed by atoms with Gasteiger partial charge in [0.15, 0.2) is 0 Å². The molecule has 11 heteroatoms. The molecule has 3 atom stereocenters. The van der Waals surface area contributed by atoms with Crippen LogP contribution in [0, 0.1) is 5.82 Å². The number of nitrogens with zero attached hydrogens (tertiary/aromatic N) is 2. The number of hydrogen-bond acceptors (Lipinski definition) is 8. The quantitative estimate of drug-likeness (QED) is 0.272. The number of carboxylic acid groups (broad SMARTS) is 2. The van der Waals surface area contributed by atoms with Crippen molar-refractivity contribution in [1.82, 2.24) is 9.88 Å². The third-order valence-electron chi connectivity index (χ3n) is 7.86. The van der Waals surface area contributed by atoms with Crippen LogP contribution in [0.15, 0.2) is 30.3 Å². The van der Waals surface area contributed by atoms with Crippen molar-refractivity contribution in [3.63, 3.8) is 0 Å². The summed E-state index contributed by atoms with van der Waals surface area (Å²) in [5.74, 6) is -0.443. The lowest BCUT2D eigenvalue weighted by Crippen LogP contribution is -2.40. The first kappa shape index (κ1) is 31.8. The highest BCUT2D eigenvalue weighted by molar-refractivity contribution is 5.76. The number of aromatic nitrogens is 1. The monoisotopic (exact) mass is 587 g/mol. The van der Waals surface area contributed by atoms with Gasteiger partial charge in [0.05, 0.1) is 24.9 Å². The average Bonchev–Trinajstić information content (AvgIpc) is 3.42.